The monoisotopic (exact) mass is 497 g/mol. The third-order valence-electron chi connectivity index (χ3n) is 4.05. The molecule has 3 aromatic rings. The Morgan fingerprint density at radius 3 is 1.91 bits per heavy atom. The molecule has 170 valence electrons. The molecule has 0 radical (unpaired) electrons. The van der Waals surface area contributed by atoms with Gasteiger partial charge >= 0.3 is 0 Å². The lowest BCUT2D eigenvalue weighted by atomic mass is 10.3. The van der Waals surface area contributed by atoms with E-state index in [1.165, 1.54) is 24.3 Å². The maximum atomic E-state index is 12.3. The van der Waals surface area contributed by atoms with Crippen molar-refractivity contribution >= 4 is 35.4 Å². The van der Waals surface area contributed by atoms with Crippen LogP contribution in [0.15, 0.2) is 76.4 Å². The predicted octanol–water partition coefficient (Wildman–Crippen LogP) is 0.794. The van der Waals surface area contributed by atoms with Crippen molar-refractivity contribution in [2.75, 3.05) is 10.6 Å². The van der Waals surface area contributed by atoms with Gasteiger partial charge in [0.15, 0.2) is 21.5 Å². The summed E-state index contributed by atoms with van der Waals surface area (Å²) < 4.78 is 76.9. The van der Waals surface area contributed by atoms with Crippen LogP contribution in [0.3, 0.4) is 0 Å². The number of sulfone groups is 2. The van der Waals surface area contributed by atoms with Gasteiger partial charge in [0.25, 0.3) is 0 Å². The van der Waals surface area contributed by atoms with E-state index < -0.39 is 41.2 Å². The summed E-state index contributed by atoms with van der Waals surface area (Å²) >= 11 is 0. The van der Waals surface area contributed by atoms with Gasteiger partial charge in [-0.3, -0.25) is 4.72 Å². The van der Waals surface area contributed by atoms with Crippen LogP contribution in [0.5, 0.6) is 0 Å². The van der Waals surface area contributed by atoms with Gasteiger partial charge in [-0.2, -0.15) is 0 Å². The standard InChI is InChI=1S/C18H19N5O6S3/c19-23-17(13-30(24,25)11-12-31(26,27)16-9-5-2-6-10-16)20-21-18(23)14-32(28,29)22-15-7-3-1-4-8-15/h1-12,22H,13-14,19H2/b12-11+. The van der Waals surface area contributed by atoms with Crippen molar-refractivity contribution in [3.05, 3.63) is 83.1 Å². The van der Waals surface area contributed by atoms with E-state index in [2.05, 4.69) is 14.9 Å². The molecule has 3 rings (SSSR count). The first kappa shape index (κ1) is 23.4. The van der Waals surface area contributed by atoms with Crippen molar-refractivity contribution in [1.29, 1.82) is 0 Å². The zero-order valence-corrected chi connectivity index (χ0v) is 18.9. The van der Waals surface area contributed by atoms with E-state index in [1.807, 2.05) is 0 Å². The van der Waals surface area contributed by atoms with Crippen LogP contribution in [0.4, 0.5) is 5.69 Å². The second-order valence-electron chi connectivity index (χ2n) is 6.57. The molecule has 0 spiro atoms. The molecule has 0 bridgehead atoms. The summed E-state index contributed by atoms with van der Waals surface area (Å²) in [5, 5.41) is 8.39. The van der Waals surface area contributed by atoms with Gasteiger partial charge in [-0.15, -0.1) is 10.2 Å². The molecule has 1 aromatic heterocycles. The van der Waals surface area contributed by atoms with Crippen LogP contribution in [0.1, 0.15) is 11.6 Å². The minimum Gasteiger partial charge on any atom is -0.336 e. The first-order valence-electron chi connectivity index (χ1n) is 8.92. The molecule has 1 heterocycles. The van der Waals surface area contributed by atoms with Gasteiger partial charge in [0.2, 0.25) is 19.9 Å². The van der Waals surface area contributed by atoms with Crippen LogP contribution in [-0.4, -0.2) is 40.1 Å². The molecule has 3 N–H and O–H groups in total. The highest BCUT2D eigenvalue weighted by Crippen LogP contribution is 2.15. The summed E-state index contributed by atoms with van der Waals surface area (Å²) in [6, 6.07) is 15.4. The number of anilines is 1. The van der Waals surface area contributed by atoms with E-state index in [9.17, 15) is 25.3 Å². The molecule has 2 aromatic carbocycles. The Kier molecular flexibility index (Phi) is 6.66. The molecule has 11 nitrogen and oxygen atoms in total. The summed E-state index contributed by atoms with van der Waals surface area (Å²) in [6.07, 6.45) is 0. The molecule has 0 aliphatic heterocycles. The molecule has 0 unspecified atom stereocenters. The molecule has 32 heavy (non-hydrogen) atoms. The summed E-state index contributed by atoms with van der Waals surface area (Å²) in [5.74, 6) is 3.91. The summed E-state index contributed by atoms with van der Waals surface area (Å²) in [5.41, 5.74) is 0.336. The van der Waals surface area contributed by atoms with E-state index in [4.69, 9.17) is 5.84 Å². The van der Waals surface area contributed by atoms with Gasteiger partial charge in [0, 0.05) is 16.5 Å². The Labute approximate surface area is 185 Å². The lowest BCUT2D eigenvalue weighted by Crippen LogP contribution is -2.23. The normalized spacial score (nSPS) is 12.8. The van der Waals surface area contributed by atoms with Crippen molar-refractivity contribution in [3.63, 3.8) is 0 Å². The number of rotatable bonds is 9. The maximum Gasteiger partial charge on any atom is 0.240 e. The highest BCUT2D eigenvalue weighted by atomic mass is 32.2. The van der Waals surface area contributed by atoms with E-state index >= 15 is 0 Å². The molecule has 14 heteroatoms. The van der Waals surface area contributed by atoms with Crippen molar-refractivity contribution in [2.24, 2.45) is 0 Å². The van der Waals surface area contributed by atoms with Gasteiger partial charge in [-0.25, -0.2) is 29.9 Å². The molecule has 0 amide bonds. The fourth-order valence-electron chi connectivity index (χ4n) is 2.52. The van der Waals surface area contributed by atoms with Crippen molar-refractivity contribution < 1.29 is 25.3 Å². The van der Waals surface area contributed by atoms with Crippen LogP contribution < -0.4 is 10.6 Å². The Balaban J connectivity index is 1.73. The Morgan fingerprint density at radius 1 is 0.781 bits per heavy atom. The minimum absolute atomic E-state index is 0.0631. The quantitative estimate of drug-likeness (QED) is 0.405. The SMILES string of the molecule is Nn1c(CS(=O)(=O)/C=C/S(=O)(=O)c2ccccc2)nnc1CS(=O)(=O)Nc1ccccc1. The highest BCUT2D eigenvalue weighted by Gasteiger charge is 2.22. The molecule has 0 saturated carbocycles. The number of hydrogen-bond acceptors (Lipinski definition) is 9. The average molecular weight is 498 g/mol. The Bertz CT molecular complexity index is 1430. The number of nitrogens with zero attached hydrogens (tertiary/aromatic N) is 3. The number of nitrogen functional groups attached to an aromatic ring is 1. The first-order chi connectivity index (χ1) is 15.0. The zero-order valence-electron chi connectivity index (χ0n) is 16.4. The Hall–Kier alpha value is -3.23. The topological polar surface area (TPSA) is 171 Å². The lowest BCUT2D eigenvalue weighted by Gasteiger charge is -2.07. The second kappa shape index (κ2) is 9.10. The second-order valence-corrected chi connectivity index (χ2v) is 12.0. The molecule has 0 fully saturated rings. The third kappa shape index (κ3) is 6.15. The summed E-state index contributed by atoms with van der Waals surface area (Å²) in [6.45, 7) is 0. The van der Waals surface area contributed by atoms with Gasteiger partial charge in [0.1, 0.15) is 11.5 Å². The molecule has 0 saturated heterocycles. The number of sulfonamides is 1. The number of hydrogen-bond donors (Lipinski definition) is 2. The first-order valence-corrected chi connectivity index (χ1v) is 13.8. The zero-order chi connectivity index (χ0) is 23.4. The summed E-state index contributed by atoms with van der Waals surface area (Å²) in [4.78, 5) is -0.0631. The number of nitrogens with two attached hydrogens (primary N) is 1. The minimum atomic E-state index is -4.11. The van der Waals surface area contributed by atoms with Crippen LogP contribution in [0, 0.1) is 0 Å². The van der Waals surface area contributed by atoms with Gasteiger partial charge in [0.05, 0.1) is 4.90 Å². The number of para-hydroxylation sites is 1. The van der Waals surface area contributed by atoms with Crippen LogP contribution in [0.25, 0.3) is 0 Å². The summed E-state index contributed by atoms with van der Waals surface area (Å²) in [7, 11) is -12.0. The van der Waals surface area contributed by atoms with E-state index in [1.54, 1.807) is 36.4 Å². The smallest absolute Gasteiger partial charge is 0.240 e. The van der Waals surface area contributed by atoms with Crippen molar-refractivity contribution in [3.8, 4) is 0 Å². The van der Waals surface area contributed by atoms with Crippen LogP contribution in [-0.2, 0) is 41.2 Å². The number of nitrogens with one attached hydrogen (secondary N) is 1. The molecule has 0 aliphatic carbocycles. The highest BCUT2D eigenvalue weighted by molar-refractivity contribution is 7.97. The lowest BCUT2D eigenvalue weighted by molar-refractivity contribution is 0.597. The van der Waals surface area contributed by atoms with Gasteiger partial charge < -0.3 is 5.84 Å². The molecular formula is C18H19N5O6S3. The number of aromatic nitrogens is 3. The van der Waals surface area contributed by atoms with Gasteiger partial charge in [-0.1, -0.05) is 36.4 Å². The molecule has 0 atom stereocenters. The van der Waals surface area contributed by atoms with E-state index in [-0.39, 0.29) is 16.5 Å². The third-order valence-corrected chi connectivity index (χ3v) is 8.04. The molecule has 0 aliphatic rings. The van der Waals surface area contributed by atoms with Crippen molar-refractivity contribution in [2.45, 2.75) is 16.4 Å². The van der Waals surface area contributed by atoms with Crippen molar-refractivity contribution in [1.82, 2.24) is 14.9 Å². The fourth-order valence-corrected chi connectivity index (χ4v) is 6.24. The largest absolute Gasteiger partial charge is 0.336 e. The average Bonchev–Trinajstić information content (AvgIpc) is 3.06. The van der Waals surface area contributed by atoms with E-state index in [0.29, 0.717) is 16.5 Å². The molecular weight excluding hydrogens is 478 g/mol. The maximum absolute atomic E-state index is 12.3. The van der Waals surface area contributed by atoms with E-state index in [0.717, 1.165) is 4.68 Å². The Morgan fingerprint density at radius 2 is 1.31 bits per heavy atom. The van der Waals surface area contributed by atoms with Crippen LogP contribution in [0.2, 0.25) is 0 Å². The fraction of sp³-hybridized carbons (Fsp3) is 0.111. The predicted molar refractivity (Wildman–Crippen MR) is 118 cm³/mol. The van der Waals surface area contributed by atoms with Gasteiger partial charge in [-0.05, 0) is 24.3 Å². The number of benzene rings is 2. The van der Waals surface area contributed by atoms with Crippen LogP contribution >= 0.6 is 0 Å².